The fourth-order valence-corrected chi connectivity index (χ4v) is 3.01. The van der Waals surface area contributed by atoms with Crippen LogP contribution in [0, 0.1) is 0 Å². The van der Waals surface area contributed by atoms with Crippen molar-refractivity contribution in [2.75, 3.05) is 19.9 Å². The summed E-state index contributed by atoms with van der Waals surface area (Å²) < 4.78 is 10.7. The van der Waals surface area contributed by atoms with Crippen molar-refractivity contribution in [3.63, 3.8) is 0 Å². The number of ether oxygens (including phenoxy) is 2. The topological polar surface area (TPSA) is 75.1 Å². The van der Waals surface area contributed by atoms with Crippen molar-refractivity contribution in [2.24, 2.45) is 4.99 Å². The van der Waals surface area contributed by atoms with E-state index < -0.39 is 5.60 Å². The van der Waals surface area contributed by atoms with Crippen LogP contribution in [0.5, 0.6) is 11.5 Å². The van der Waals surface area contributed by atoms with Gasteiger partial charge in [0.2, 0.25) is 6.79 Å². The van der Waals surface area contributed by atoms with Gasteiger partial charge >= 0.3 is 0 Å². The third-order valence-corrected chi connectivity index (χ3v) is 4.32. The summed E-state index contributed by atoms with van der Waals surface area (Å²) in [7, 11) is 0. The lowest BCUT2D eigenvalue weighted by molar-refractivity contribution is 0.0522. The number of fused-ring (bicyclic) bond motifs is 1. The molecule has 0 bridgehead atoms. The fourth-order valence-electron chi connectivity index (χ4n) is 3.01. The van der Waals surface area contributed by atoms with E-state index in [1.807, 2.05) is 25.1 Å². The predicted octanol–water partition coefficient (Wildman–Crippen LogP) is 1.78. The Morgan fingerprint density at radius 3 is 2.78 bits per heavy atom. The zero-order valence-electron chi connectivity index (χ0n) is 13.6. The summed E-state index contributed by atoms with van der Waals surface area (Å²) in [5, 5.41) is 16.9. The average molecular weight is 319 g/mol. The Kier molecular flexibility index (Phi) is 4.91. The van der Waals surface area contributed by atoms with E-state index in [0.717, 1.165) is 55.3 Å². The molecule has 1 aromatic rings. The Morgan fingerprint density at radius 1 is 1.22 bits per heavy atom. The van der Waals surface area contributed by atoms with Gasteiger partial charge in [0, 0.05) is 13.1 Å². The standard InChI is InChI=1S/C17H25N3O3/c1-2-18-16(20-11-17(21)7-3-4-8-17)19-10-13-5-6-14-15(9-13)23-12-22-14/h5-6,9,21H,2-4,7-8,10-12H2,1H3,(H2,18,19,20). The van der Waals surface area contributed by atoms with Crippen molar-refractivity contribution in [1.29, 1.82) is 0 Å². The van der Waals surface area contributed by atoms with E-state index in [2.05, 4.69) is 15.6 Å². The second-order valence-corrected chi connectivity index (χ2v) is 6.17. The molecule has 0 atom stereocenters. The van der Waals surface area contributed by atoms with E-state index in [1.54, 1.807) is 0 Å². The predicted molar refractivity (Wildman–Crippen MR) is 88.8 cm³/mol. The minimum absolute atomic E-state index is 0.283. The first-order chi connectivity index (χ1) is 11.2. The number of rotatable bonds is 5. The van der Waals surface area contributed by atoms with Crippen LogP contribution in [0.25, 0.3) is 0 Å². The smallest absolute Gasteiger partial charge is 0.231 e. The lowest BCUT2D eigenvalue weighted by Crippen LogP contribution is -2.46. The van der Waals surface area contributed by atoms with E-state index in [4.69, 9.17) is 9.47 Å². The molecule has 0 spiro atoms. The number of aliphatic hydroxyl groups is 1. The number of aliphatic imine (C=N–C) groups is 1. The van der Waals surface area contributed by atoms with Gasteiger partial charge in [0.05, 0.1) is 12.1 Å². The molecule has 23 heavy (non-hydrogen) atoms. The van der Waals surface area contributed by atoms with Crippen LogP contribution in [0.4, 0.5) is 0 Å². The molecule has 0 aromatic heterocycles. The molecule has 1 aromatic carbocycles. The molecular formula is C17H25N3O3. The zero-order valence-corrected chi connectivity index (χ0v) is 13.6. The Hall–Kier alpha value is -1.95. The molecule has 0 unspecified atom stereocenters. The van der Waals surface area contributed by atoms with Crippen LogP contribution in [0.3, 0.4) is 0 Å². The number of hydrogen-bond acceptors (Lipinski definition) is 4. The Morgan fingerprint density at radius 2 is 2.00 bits per heavy atom. The van der Waals surface area contributed by atoms with Gasteiger partial charge in [-0.1, -0.05) is 18.9 Å². The van der Waals surface area contributed by atoms with Gasteiger partial charge in [0.15, 0.2) is 17.5 Å². The molecule has 126 valence electrons. The third kappa shape index (κ3) is 4.07. The highest BCUT2D eigenvalue weighted by Gasteiger charge is 2.30. The van der Waals surface area contributed by atoms with Crippen molar-refractivity contribution >= 4 is 5.96 Å². The van der Waals surface area contributed by atoms with Crippen LogP contribution >= 0.6 is 0 Å². The first-order valence-electron chi connectivity index (χ1n) is 8.32. The monoisotopic (exact) mass is 319 g/mol. The SMILES string of the molecule is CCNC(=NCc1ccc2c(c1)OCO2)NCC1(O)CCCC1. The first-order valence-corrected chi connectivity index (χ1v) is 8.32. The summed E-state index contributed by atoms with van der Waals surface area (Å²) >= 11 is 0. The summed E-state index contributed by atoms with van der Waals surface area (Å²) in [6.45, 7) is 4.18. The minimum Gasteiger partial charge on any atom is -0.454 e. The average Bonchev–Trinajstić information content (AvgIpc) is 3.19. The quantitative estimate of drug-likeness (QED) is 0.570. The van der Waals surface area contributed by atoms with Crippen molar-refractivity contribution in [3.8, 4) is 11.5 Å². The second-order valence-electron chi connectivity index (χ2n) is 6.17. The zero-order chi connectivity index (χ0) is 16.1. The Balaban J connectivity index is 1.59. The van der Waals surface area contributed by atoms with Gasteiger partial charge in [0.1, 0.15) is 0 Å². The van der Waals surface area contributed by atoms with Crippen LogP contribution in [0.15, 0.2) is 23.2 Å². The van der Waals surface area contributed by atoms with Gasteiger partial charge < -0.3 is 25.2 Å². The van der Waals surface area contributed by atoms with Crippen LogP contribution in [-0.2, 0) is 6.54 Å². The molecule has 6 nitrogen and oxygen atoms in total. The molecule has 3 N–H and O–H groups in total. The van der Waals surface area contributed by atoms with E-state index in [9.17, 15) is 5.11 Å². The van der Waals surface area contributed by atoms with Gasteiger partial charge in [-0.15, -0.1) is 0 Å². The highest BCUT2D eigenvalue weighted by atomic mass is 16.7. The van der Waals surface area contributed by atoms with Gasteiger partial charge in [-0.25, -0.2) is 4.99 Å². The molecule has 0 radical (unpaired) electrons. The molecule has 1 fully saturated rings. The van der Waals surface area contributed by atoms with Crippen molar-refractivity contribution in [1.82, 2.24) is 10.6 Å². The molecule has 3 rings (SSSR count). The molecule has 0 saturated heterocycles. The lowest BCUT2D eigenvalue weighted by atomic mass is 10.0. The molecule has 6 heteroatoms. The van der Waals surface area contributed by atoms with Gasteiger partial charge in [-0.05, 0) is 37.5 Å². The van der Waals surface area contributed by atoms with Crippen LogP contribution in [-0.4, -0.2) is 36.5 Å². The second kappa shape index (κ2) is 7.08. The van der Waals surface area contributed by atoms with Crippen molar-refractivity contribution in [2.45, 2.75) is 44.8 Å². The number of hydrogen-bond donors (Lipinski definition) is 3. The highest BCUT2D eigenvalue weighted by Crippen LogP contribution is 2.32. The summed E-state index contributed by atoms with van der Waals surface area (Å²) in [4.78, 5) is 4.59. The Labute approximate surface area is 136 Å². The van der Waals surface area contributed by atoms with Gasteiger partial charge in [-0.3, -0.25) is 0 Å². The third-order valence-electron chi connectivity index (χ3n) is 4.32. The Bertz CT molecular complexity index is 568. The molecular weight excluding hydrogens is 294 g/mol. The maximum absolute atomic E-state index is 10.4. The number of benzene rings is 1. The molecule has 1 saturated carbocycles. The molecule has 1 aliphatic heterocycles. The van der Waals surface area contributed by atoms with Crippen LogP contribution in [0.2, 0.25) is 0 Å². The maximum atomic E-state index is 10.4. The number of guanidine groups is 1. The summed E-state index contributed by atoms with van der Waals surface area (Å²) in [5.41, 5.74) is 0.473. The van der Waals surface area contributed by atoms with E-state index in [1.165, 1.54) is 0 Å². The molecule has 0 amide bonds. The largest absolute Gasteiger partial charge is 0.454 e. The van der Waals surface area contributed by atoms with E-state index in [0.29, 0.717) is 13.1 Å². The van der Waals surface area contributed by atoms with Gasteiger partial charge in [0.25, 0.3) is 0 Å². The van der Waals surface area contributed by atoms with Crippen molar-refractivity contribution < 1.29 is 14.6 Å². The van der Waals surface area contributed by atoms with Crippen LogP contribution in [0.1, 0.15) is 38.2 Å². The maximum Gasteiger partial charge on any atom is 0.231 e. The van der Waals surface area contributed by atoms with Crippen LogP contribution < -0.4 is 20.1 Å². The summed E-state index contributed by atoms with van der Waals surface area (Å²) in [6, 6.07) is 5.86. The van der Waals surface area contributed by atoms with Gasteiger partial charge in [-0.2, -0.15) is 0 Å². The van der Waals surface area contributed by atoms with Crippen molar-refractivity contribution in [3.05, 3.63) is 23.8 Å². The minimum atomic E-state index is -0.588. The molecule has 1 heterocycles. The van der Waals surface area contributed by atoms with E-state index >= 15 is 0 Å². The fraction of sp³-hybridized carbons (Fsp3) is 0.588. The first kappa shape index (κ1) is 15.9. The summed E-state index contributed by atoms with van der Waals surface area (Å²) in [6.07, 6.45) is 3.93. The number of nitrogens with one attached hydrogen (secondary N) is 2. The molecule has 1 aliphatic carbocycles. The molecule has 2 aliphatic rings. The highest BCUT2D eigenvalue weighted by molar-refractivity contribution is 5.79. The summed E-state index contributed by atoms with van der Waals surface area (Å²) in [5.74, 6) is 2.28. The lowest BCUT2D eigenvalue weighted by Gasteiger charge is -2.23. The number of nitrogens with zero attached hydrogens (tertiary/aromatic N) is 1. The normalized spacial score (nSPS) is 19.0. The van der Waals surface area contributed by atoms with E-state index in [-0.39, 0.29) is 6.79 Å².